The molecule has 0 amide bonds. The lowest BCUT2D eigenvalue weighted by Gasteiger charge is -2.19. The number of ether oxygens (including phenoxy) is 2. The molecule has 0 aromatic heterocycles. The van der Waals surface area contributed by atoms with E-state index in [2.05, 4.69) is 15.9 Å². The van der Waals surface area contributed by atoms with Gasteiger partial charge in [0.15, 0.2) is 0 Å². The Balaban J connectivity index is 2.09. The molecule has 0 spiro atoms. The summed E-state index contributed by atoms with van der Waals surface area (Å²) in [5.41, 5.74) is 7.92. The van der Waals surface area contributed by atoms with Crippen LogP contribution in [0.25, 0.3) is 0 Å². The van der Waals surface area contributed by atoms with E-state index in [1.807, 2.05) is 48.5 Å². The fourth-order valence-corrected chi connectivity index (χ4v) is 2.49. The van der Waals surface area contributed by atoms with Gasteiger partial charge in [-0.05, 0) is 23.8 Å². The summed E-state index contributed by atoms with van der Waals surface area (Å²) in [6.07, 6.45) is -0.176. The number of nitrogens with two attached hydrogens (primary N) is 1. The average Bonchev–Trinajstić information content (AvgIpc) is 2.48. The first-order valence-electron chi connectivity index (χ1n) is 6.43. The summed E-state index contributed by atoms with van der Waals surface area (Å²) in [6.45, 7) is 0.924. The molecule has 0 fully saturated rings. The third-order valence-electron chi connectivity index (χ3n) is 3.04. The minimum Gasteiger partial charge on any atom is -0.496 e. The second-order valence-corrected chi connectivity index (χ2v) is 5.32. The quantitative estimate of drug-likeness (QED) is 0.875. The predicted molar refractivity (Wildman–Crippen MR) is 83.7 cm³/mol. The first kappa shape index (κ1) is 15.0. The van der Waals surface area contributed by atoms with Crippen molar-refractivity contribution < 1.29 is 9.47 Å². The normalized spacial score (nSPS) is 12.2. The van der Waals surface area contributed by atoms with Crippen LogP contribution in [0.3, 0.4) is 0 Å². The van der Waals surface area contributed by atoms with E-state index in [-0.39, 0.29) is 6.10 Å². The largest absolute Gasteiger partial charge is 0.496 e. The molecular weight excluding hydrogens is 318 g/mol. The molecule has 2 aromatic carbocycles. The monoisotopic (exact) mass is 335 g/mol. The van der Waals surface area contributed by atoms with Crippen molar-refractivity contribution in [1.29, 1.82) is 0 Å². The SMILES string of the molecule is COc1ccccc1C(CN)OCc1cccc(Br)c1. The van der Waals surface area contributed by atoms with Crippen molar-refractivity contribution in [2.45, 2.75) is 12.7 Å². The zero-order valence-corrected chi connectivity index (χ0v) is 13.0. The third-order valence-corrected chi connectivity index (χ3v) is 3.53. The molecule has 0 saturated heterocycles. The topological polar surface area (TPSA) is 44.5 Å². The molecular formula is C16H18BrNO2. The van der Waals surface area contributed by atoms with Gasteiger partial charge in [0.25, 0.3) is 0 Å². The highest BCUT2D eigenvalue weighted by Crippen LogP contribution is 2.27. The van der Waals surface area contributed by atoms with Crippen molar-refractivity contribution in [1.82, 2.24) is 0 Å². The van der Waals surface area contributed by atoms with Crippen molar-refractivity contribution >= 4 is 15.9 Å². The van der Waals surface area contributed by atoms with Crippen molar-refractivity contribution in [3.63, 3.8) is 0 Å². The van der Waals surface area contributed by atoms with Crippen molar-refractivity contribution in [3.05, 3.63) is 64.1 Å². The Bertz CT molecular complexity index is 560. The van der Waals surface area contributed by atoms with Gasteiger partial charge in [0.2, 0.25) is 0 Å². The first-order valence-corrected chi connectivity index (χ1v) is 7.23. The number of methoxy groups -OCH3 is 1. The number of rotatable bonds is 6. The summed E-state index contributed by atoms with van der Waals surface area (Å²) in [6, 6.07) is 15.8. The smallest absolute Gasteiger partial charge is 0.124 e. The fourth-order valence-electron chi connectivity index (χ4n) is 2.04. The number of para-hydroxylation sites is 1. The summed E-state index contributed by atoms with van der Waals surface area (Å²) >= 11 is 3.45. The molecule has 1 unspecified atom stereocenters. The molecule has 2 N–H and O–H groups in total. The Morgan fingerprint density at radius 2 is 1.95 bits per heavy atom. The van der Waals surface area contributed by atoms with Gasteiger partial charge in [-0.15, -0.1) is 0 Å². The molecule has 106 valence electrons. The maximum atomic E-state index is 5.94. The van der Waals surface area contributed by atoms with Crippen LogP contribution in [0.15, 0.2) is 53.0 Å². The van der Waals surface area contributed by atoms with Crippen LogP contribution < -0.4 is 10.5 Å². The average molecular weight is 336 g/mol. The van der Waals surface area contributed by atoms with Crippen molar-refractivity contribution in [3.8, 4) is 5.75 Å². The van der Waals surface area contributed by atoms with E-state index in [0.717, 1.165) is 21.3 Å². The summed E-state index contributed by atoms with van der Waals surface area (Å²) < 4.78 is 12.3. The molecule has 0 radical (unpaired) electrons. The van der Waals surface area contributed by atoms with E-state index in [4.69, 9.17) is 15.2 Å². The minimum absolute atomic E-state index is 0.176. The molecule has 4 heteroatoms. The van der Waals surface area contributed by atoms with Crippen LogP contribution in [-0.4, -0.2) is 13.7 Å². The molecule has 2 rings (SSSR count). The number of halogens is 1. The lowest BCUT2D eigenvalue weighted by atomic mass is 10.1. The standard InChI is InChI=1S/C16H18BrNO2/c1-19-15-8-3-2-7-14(15)16(10-18)20-11-12-5-4-6-13(17)9-12/h2-9,16H,10-11,18H2,1H3. The molecule has 0 heterocycles. The summed E-state index contributed by atoms with van der Waals surface area (Å²) in [7, 11) is 1.65. The highest BCUT2D eigenvalue weighted by Gasteiger charge is 2.14. The maximum absolute atomic E-state index is 5.94. The molecule has 20 heavy (non-hydrogen) atoms. The highest BCUT2D eigenvalue weighted by atomic mass is 79.9. The Morgan fingerprint density at radius 1 is 1.15 bits per heavy atom. The third kappa shape index (κ3) is 3.82. The Kier molecular flexibility index (Phi) is 5.59. The lowest BCUT2D eigenvalue weighted by molar-refractivity contribution is 0.0440. The van der Waals surface area contributed by atoms with Gasteiger partial charge in [-0.2, -0.15) is 0 Å². The molecule has 1 atom stereocenters. The van der Waals surface area contributed by atoms with E-state index in [1.165, 1.54) is 0 Å². The second-order valence-electron chi connectivity index (χ2n) is 4.41. The van der Waals surface area contributed by atoms with Crippen LogP contribution >= 0.6 is 15.9 Å². The highest BCUT2D eigenvalue weighted by molar-refractivity contribution is 9.10. The van der Waals surface area contributed by atoms with E-state index in [1.54, 1.807) is 7.11 Å². The number of benzene rings is 2. The molecule has 2 aromatic rings. The molecule has 0 aliphatic rings. The molecule has 0 saturated carbocycles. The summed E-state index contributed by atoms with van der Waals surface area (Å²) in [5, 5.41) is 0. The van der Waals surface area contributed by atoms with Crippen LogP contribution in [0.1, 0.15) is 17.2 Å². The van der Waals surface area contributed by atoms with Crippen LogP contribution in [0, 0.1) is 0 Å². The van der Waals surface area contributed by atoms with Gasteiger partial charge in [0.1, 0.15) is 5.75 Å². The van der Waals surface area contributed by atoms with E-state index in [9.17, 15) is 0 Å². The van der Waals surface area contributed by atoms with Gasteiger partial charge in [-0.25, -0.2) is 0 Å². The van der Waals surface area contributed by atoms with Crippen LogP contribution in [0.2, 0.25) is 0 Å². The Labute approximate surface area is 127 Å². The Morgan fingerprint density at radius 3 is 2.65 bits per heavy atom. The zero-order valence-electron chi connectivity index (χ0n) is 11.4. The molecule has 0 aliphatic heterocycles. The van der Waals surface area contributed by atoms with Gasteiger partial charge in [0, 0.05) is 16.6 Å². The molecule has 3 nitrogen and oxygen atoms in total. The predicted octanol–water partition coefficient (Wildman–Crippen LogP) is 3.67. The van der Waals surface area contributed by atoms with Gasteiger partial charge in [-0.1, -0.05) is 46.3 Å². The van der Waals surface area contributed by atoms with Crippen molar-refractivity contribution in [2.24, 2.45) is 5.73 Å². The van der Waals surface area contributed by atoms with E-state index in [0.29, 0.717) is 13.2 Å². The summed E-state index contributed by atoms with van der Waals surface area (Å²) in [4.78, 5) is 0. The summed E-state index contributed by atoms with van der Waals surface area (Å²) in [5.74, 6) is 0.803. The number of hydrogen-bond acceptors (Lipinski definition) is 3. The van der Waals surface area contributed by atoms with Gasteiger partial charge >= 0.3 is 0 Å². The number of hydrogen-bond donors (Lipinski definition) is 1. The van der Waals surface area contributed by atoms with Crippen LogP contribution in [0.5, 0.6) is 5.75 Å². The zero-order chi connectivity index (χ0) is 14.4. The second kappa shape index (κ2) is 7.43. The van der Waals surface area contributed by atoms with Crippen molar-refractivity contribution in [2.75, 3.05) is 13.7 Å². The Hall–Kier alpha value is -1.36. The van der Waals surface area contributed by atoms with Gasteiger partial charge < -0.3 is 15.2 Å². The van der Waals surface area contributed by atoms with E-state index < -0.39 is 0 Å². The van der Waals surface area contributed by atoms with E-state index >= 15 is 0 Å². The fraction of sp³-hybridized carbons (Fsp3) is 0.250. The van der Waals surface area contributed by atoms with Crippen LogP contribution in [0.4, 0.5) is 0 Å². The lowest BCUT2D eigenvalue weighted by Crippen LogP contribution is -2.16. The molecule has 0 bridgehead atoms. The van der Waals surface area contributed by atoms with Crippen LogP contribution in [-0.2, 0) is 11.3 Å². The first-order chi connectivity index (χ1) is 9.74. The minimum atomic E-state index is -0.176. The van der Waals surface area contributed by atoms with Gasteiger partial charge in [-0.3, -0.25) is 0 Å². The maximum Gasteiger partial charge on any atom is 0.124 e. The van der Waals surface area contributed by atoms with Gasteiger partial charge in [0.05, 0.1) is 19.8 Å². The molecule has 0 aliphatic carbocycles.